The number of aliphatic hydroxyl groups is 1. The molecule has 2 aromatic rings. The Morgan fingerprint density at radius 2 is 1.73 bits per heavy atom. The van der Waals surface area contributed by atoms with E-state index in [-0.39, 0.29) is 23.6 Å². The van der Waals surface area contributed by atoms with Crippen molar-refractivity contribution in [3.05, 3.63) is 80.4 Å². The molecule has 8 heteroatoms. The first kappa shape index (κ1) is 24.1. The highest BCUT2D eigenvalue weighted by molar-refractivity contribution is 6.46. The zero-order valence-corrected chi connectivity index (χ0v) is 19.4. The van der Waals surface area contributed by atoms with Crippen molar-refractivity contribution < 1.29 is 19.6 Å². The number of carbonyl (C=O) groups is 2. The molecule has 33 heavy (non-hydrogen) atoms. The Hall–Kier alpha value is -3.52. The molecule has 1 fully saturated rings. The topological polar surface area (TPSA) is 104 Å². The number of ketones is 1. The molecule has 3 rings (SSSR count). The molecule has 1 atom stereocenters. The van der Waals surface area contributed by atoms with Crippen molar-refractivity contribution in [2.75, 3.05) is 26.2 Å². The first-order valence-corrected chi connectivity index (χ1v) is 11.0. The summed E-state index contributed by atoms with van der Waals surface area (Å²) >= 11 is 0. The maximum Gasteiger partial charge on any atom is 0.295 e. The number of Topliss-reactive ketones (excluding diaryl/α,β-unsaturated/α-hetero) is 1. The third-order valence-corrected chi connectivity index (χ3v) is 6.16. The highest BCUT2D eigenvalue weighted by Gasteiger charge is 2.46. The summed E-state index contributed by atoms with van der Waals surface area (Å²) in [6.45, 7) is 10.2. The fourth-order valence-corrected chi connectivity index (χ4v) is 4.16. The van der Waals surface area contributed by atoms with Gasteiger partial charge in [0.25, 0.3) is 17.4 Å². The van der Waals surface area contributed by atoms with Gasteiger partial charge in [0.05, 0.1) is 16.5 Å². The fourth-order valence-electron chi connectivity index (χ4n) is 4.16. The summed E-state index contributed by atoms with van der Waals surface area (Å²) in [5.41, 5.74) is 2.62. The number of nitrogens with zero attached hydrogens (tertiary/aromatic N) is 3. The van der Waals surface area contributed by atoms with Gasteiger partial charge in [0, 0.05) is 30.8 Å². The number of carbonyl (C=O) groups excluding carboxylic acids is 2. The molecule has 0 bridgehead atoms. The van der Waals surface area contributed by atoms with Gasteiger partial charge in [-0.2, -0.15) is 0 Å². The SMILES string of the molecule is CCN(CC)CCN1C(=O)C(=O)/C(=C(/O)c2cc(C)ccc2C)C1c1ccc([N+](=O)[O-])cc1. The predicted molar refractivity (Wildman–Crippen MR) is 126 cm³/mol. The van der Waals surface area contributed by atoms with Gasteiger partial charge >= 0.3 is 0 Å². The van der Waals surface area contributed by atoms with E-state index in [9.17, 15) is 24.8 Å². The number of likely N-dealkylation sites (tertiary alicyclic amines) is 1. The second kappa shape index (κ2) is 9.95. The van der Waals surface area contributed by atoms with Crippen molar-refractivity contribution in [1.29, 1.82) is 0 Å². The van der Waals surface area contributed by atoms with Gasteiger partial charge in [-0.25, -0.2) is 0 Å². The Morgan fingerprint density at radius 1 is 1.09 bits per heavy atom. The average molecular weight is 452 g/mol. The van der Waals surface area contributed by atoms with Crippen LogP contribution in [0.25, 0.3) is 5.76 Å². The summed E-state index contributed by atoms with van der Waals surface area (Å²) in [6.07, 6.45) is 0. The molecular formula is C25H29N3O5. The Morgan fingerprint density at radius 3 is 2.30 bits per heavy atom. The first-order chi connectivity index (χ1) is 15.7. The summed E-state index contributed by atoms with van der Waals surface area (Å²) in [4.78, 5) is 40.4. The zero-order valence-electron chi connectivity index (χ0n) is 19.4. The average Bonchev–Trinajstić information content (AvgIpc) is 3.05. The number of non-ortho nitro benzene ring substituents is 1. The van der Waals surface area contributed by atoms with Crippen LogP contribution >= 0.6 is 0 Å². The lowest BCUT2D eigenvalue weighted by molar-refractivity contribution is -0.384. The minimum absolute atomic E-state index is 0.00194. The lowest BCUT2D eigenvalue weighted by Crippen LogP contribution is -2.38. The maximum absolute atomic E-state index is 13.1. The standard InChI is InChI=1S/C25H29N3O5/c1-5-26(6-2)13-14-27-22(18-9-11-19(12-10-18)28(32)33)21(24(30)25(27)31)23(29)20-15-16(3)7-8-17(20)4/h7-12,15,22,29H,5-6,13-14H2,1-4H3/b23-21+. The van der Waals surface area contributed by atoms with Gasteiger partial charge < -0.3 is 14.9 Å². The Labute approximate surface area is 193 Å². The molecule has 0 spiro atoms. The summed E-state index contributed by atoms with van der Waals surface area (Å²) in [6, 6.07) is 10.5. The molecule has 174 valence electrons. The van der Waals surface area contributed by atoms with Crippen LogP contribution in [0.5, 0.6) is 0 Å². The molecule has 1 aliphatic heterocycles. The Kier molecular flexibility index (Phi) is 7.28. The van der Waals surface area contributed by atoms with Crippen molar-refractivity contribution >= 4 is 23.1 Å². The van der Waals surface area contributed by atoms with Gasteiger partial charge in [-0.05, 0) is 56.3 Å². The number of hydrogen-bond acceptors (Lipinski definition) is 6. The van der Waals surface area contributed by atoms with E-state index in [1.807, 2.05) is 39.8 Å². The minimum atomic E-state index is -0.832. The summed E-state index contributed by atoms with van der Waals surface area (Å²) in [5.74, 6) is -1.67. The monoisotopic (exact) mass is 451 g/mol. The van der Waals surface area contributed by atoms with E-state index in [2.05, 4.69) is 4.90 Å². The largest absolute Gasteiger partial charge is 0.507 e. The van der Waals surface area contributed by atoms with Crippen molar-refractivity contribution in [2.24, 2.45) is 0 Å². The normalized spacial score (nSPS) is 17.7. The fraction of sp³-hybridized carbons (Fsp3) is 0.360. The molecule has 0 saturated carbocycles. The number of nitro benzene ring substituents is 1. The summed E-state index contributed by atoms with van der Waals surface area (Å²) in [5, 5.41) is 22.3. The van der Waals surface area contributed by atoms with E-state index >= 15 is 0 Å². The smallest absolute Gasteiger partial charge is 0.295 e. The highest BCUT2D eigenvalue weighted by atomic mass is 16.6. The Balaban J connectivity index is 2.15. The number of rotatable bonds is 8. The van der Waals surface area contributed by atoms with Crippen LogP contribution in [0, 0.1) is 24.0 Å². The lowest BCUT2D eigenvalue weighted by Gasteiger charge is -2.28. The van der Waals surface area contributed by atoms with Gasteiger partial charge in [0.2, 0.25) is 0 Å². The quantitative estimate of drug-likeness (QED) is 0.214. The molecule has 8 nitrogen and oxygen atoms in total. The third-order valence-electron chi connectivity index (χ3n) is 6.16. The van der Waals surface area contributed by atoms with Crippen LogP contribution in [0.2, 0.25) is 0 Å². The third kappa shape index (κ3) is 4.80. The second-order valence-electron chi connectivity index (χ2n) is 8.19. The number of aryl methyl sites for hydroxylation is 2. The first-order valence-electron chi connectivity index (χ1n) is 11.0. The molecule has 2 aromatic carbocycles. The summed E-state index contributed by atoms with van der Waals surface area (Å²) < 4.78 is 0. The van der Waals surface area contributed by atoms with Crippen LogP contribution in [0.3, 0.4) is 0 Å². The molecule has 1 amide bonds. The number of aliphatic hydroxyl groups excluding tert-OH is 1. The van der Waals surface area contributed by atoms with Crippen LogP contribution in [-0.4, -0.2) is 57.7 Å². The van der Waals surface area contributed by atoms with Crippen LogP contribution < -0.4 is 0 Å². The van der Waals surface area contributed by atoms with Crippen LogP contribution in [0.1, 0.15) is 42.1 Å². The van der Waals surface area contributed by atoms with Crippen molar-refractivity contribution in [3.8, 4) is 0 Å². The van der Waals surface area contributed by atoms with E-state index in [1.54, 1.807) is 6.07 Å². The molecular weight excluding hydrogens is 422 g/mol. The van der Waals surface area contributed by atoms with Gasteiger partial charge in [0.15, 0.2) is 0 Å². The van der Waals surface area contributed by atoms with Crippen LogP contribution in [-0.2, 0) is 9.59 Å². The van der Waals surface area contributed by atoms with E-state index in [0.29, 0.717) is 17.7 Å². The second-order valence-corrected chi connectivity index (χ2v) is 8.19. The lowest BCUT2D eigenvalue weighted by atomic mass is 9.93. The number of likely N-dealkylation sites (N-methyl/N-ethyl adjacent to an activating group) is 1. The van der Waals surface area contributed by atoms with E-state index in [1.165, 1.54) is 29.2 Å². The van der Waals surface area contributed by atoms with Crippen molar-refractivity contribution in [1.82, 2.24) is 9.80 Å². The predicted octanol–water partition coefficient (Wildman–Crippen LogP) is 3.98. The minimum Gasteiger partial charge on any atom is -0.507 e. The van der Waals surface area contributed by atoms with Crippen LogP contribution in [0.4, 0.5) is 5.69 Å². The molecule has 1 saturated heterocycles. The van der Waals surface area contributed by atoms with Gasteiger partial charge in [-0.3, -0.25) is 19.7 Å². The molecule has 1 aliphatic rings. The van der Waals surface area contributed by atoms with Gasteiger partial charge in [-0.15, -0.1) is 0 Å². The highest BCUT2D eigenvalue weighted by Crippen LogP contribution is 2.40. The molecule has 0 radical (unpaired) electrons. The van der Waals surface area contributed by atoms with Crippen molar-refractivity contribution in [2.45, 2.75) is 33.7 Å². The molecule has 1 unspecified atom stereocenters. The number of benzene rings is 2. The molecule has 0 aliphatic carbocycles. The van der Waals surface area contributed by atoms with Crippen LogP contribution in [0.15, 0.2) is 48.0 Å². The van der Waals surface area contributed by atoms with E-state index < -0.39 is 22.7 Å². The van der Waals surface area contributed by atoms with Gasteiger partial charge in [-0.1, -0.05) is 31.5 Å². The van der Waals surface area contributed by atoms with Gasteiger partial charge in [0.1, 0.15) is 5.76 Å². The number of nitro groups is 1. The molecule has 1 heterocycles. The maximum atomic E-state index is 13.1. The van der Waals surface area contributed by atoms with E-state index in [0.717, 1.165) is 24.2 Å². The van der Waals surface area contributed by atoms with E-state index in [4.69, 9.17) is 0 Å². The number of hydrogen-bond donors (Lipinski definition) is 1. The Bertz CT molecular complexity index is 1100. The zero-order chi connectivity index (χ0) is 24.3. The van der Waals surface area contributed by atoms with Crippen molar-refractivity contribution in [3.63, 3.8) is 0 Å². The number of amides is 1. The molecule has 1 N–H and O–H groups in total. The molecule has 0 aromatic heterocycles. The summed E-state index contributed by atoms with van der Waals surface area (Å²) in [7, 11) is 0.